The molecule has 0 saturated heterocycles. The van der Waals surface area contributed by atoms with Crippen LogP contribution >= 0.6 is 0 Å². The van der Waals surface area contributed by atoms with Gasteiger partial charge in [-0.15, -0.1) is 0 Å². The summed E-state index contributed by atoms with van der Waals surface area (Å²) in [7, 11) is 0. The molecule has 0 atom stereocenters. The number of aryl methyl sites for hydroxylation is 1. The molecule has 4 heteroatoms. The minimum Gasteiger partial charge on any atom is -0.348 e. The van der Waals surface area contributed by atoms with Crippen LogP contribution in [0.4, 0.5) is 0 Å². The van der Waals surface area contributed by atoms with E-state index in [4.69, 9.17) is 0 Å². The lowest BCUT2D eigenvalue weighted by Gasteiger charge is -2.11. The molecule has 4 aromatic rings. The van der Waals surface area contributed by atoms with E-state index in [1.165, 1.54) is 0 Å². The van der Waals surface area contributed by atoms with Gasteiger partial charge in [-0.2, -0.15) is 0 Å². The van der Waals surface area contributed by atoms with Crippen molar-refractivity contribution in [2.45, 2.75) is 13.5 Å². The van der Waals surface area contributed by atoms with E-state index in [1.54, 1.807) is 6.20 Å². The maximum atomic E-state index is 13.0. The van der Waals surface area contributed by atoms with Crippen LogP contribution in [-0.2, 0) is 6.54 Å². The molecule has 0 radical (unpaired) electrons. The molecule has 132 valence electrons. The molecule has 1 N–H and O–H groups in total. The first-order chi connectivity index (χ1) is 13.2. The van der Waals surface area contributed by atoms with Gasteiger partial charge >= 0.3 is 0 Å². The zero-order valence-electron chi connectivity index (χ0n) is 15.0. The van der Waals surface area contributed by atoms with Crippen LogP contribution < -0.4 is 5.32 Å². The summed E-state index contributed by atoms with van der Waals surface area (Å²) < 4.78 is 0. The molecule has 2 heterocycles. The van der Waals surface area contributed by atoms with Crippen LogP contribution in [0.2, 0.25) is 0 Å². The number of rotatable bonds is 4. The third-order valence-electron chi connectivity index (χ3n) is 4.60. The highest BCUT2D eigenvalue weighted by Gasteiger charge is 2.14. The van der Waals surface area contributed by atoms with Gasteiger partial charge in [-0.05, 0) is 36.2 Å². The predicted octanol–water partition coefficient (Wildman–Crippen LogP) is 4.54. The summed E-state index contributed by atoms with van der Waals surface area (Å²) in [6, 6.07) is 23.4. The largest absolute Gasteiger partial charge is 0.348 e. The number of aromatic nitrogens is 2. The monoisotopic (exact) mass is 353 g/mol. The van der Waals surface area contributed by atoms with Gasteiger partial charge in [0.05, 0.1) is 11.3 Å². The van der Waals surface area contributed by atoms with Crippen molar-refractivity contribution in [2.24, 2.45) is 0 Å². The number of fused-ring (bicyclic) bond motifs is 1. The minimum atomic E-state index is -0.129. The molecular weight excluding hydrogens is 334 g/mol. The first kappa shape index (κ1) is 16.9. The number of benzene rings is 2. The third kappa shape index (κ3) is 3.55. The van der Waals surface area contributed by atoms with Crippen molar-refractivity contribution in [3.8, 4) is 11.3 Å². The molecule has 0 aliphatic carbocycles. The summed E-state index contributed by atoms with van der Waals surface area (Å²) in [4.78, 5) is 21.9. The molecule has 0 aliphatic heterocycles. The zero-order valence-corrected chi connectivity index (χ0v) is 15.0. The van der Waals surface area contributed by atoms with Gasteiger partial charge in [0.25, 0.3) is 5.91 Å². The standard InChI is InChI=1S/C23H19N3O/c1-16-8-5-6-11-18(16)15-25-23(27)20-14-21(17-9-3-2-4-10-17)26-22-19(20)12-7-13-24-22/h2-14H,15H2,1H3,(H,25,27). The minimum absolute atomic E-state index is 0.129. The Morgan fingerprint density at radius 2 is 1.74 bits per heavy atom. The number of hydrogen-bond acceptors (Lipinski definition) is 3. The van der Waals surface area contributed by atoms with Gasteiger partial charge in [-0.25, -0.2) is 9.97 Å². The quantitative estimate of drug-likeness (QED) is 0.586. The summed E-state index contributed by atoms with van der Waals surface area (Å²) in [5, 5.41) is 3.78. The van der Waals surface area contributed by atoms with Crippen LogP contribution in [0, 0.1) is 6.92 Å². The molecule has 2 aromatic heterocycles. The number of nitrogens with zero attached hydrogens (tertiary/aromatic N) is 2. The van der Waals surface area contributed by atoms with Gasteiger partial charge in [0.1, 0.15) is 0 Å². The van der Waals surface area contributed by atoms with Crippen molar-refractivity contribution in [2.75, 3.05) is 0 Å². The first-order valence-electron chi connectivity index (χ1n) is 8.86. The Bertz CT molecular complexity index is 1110. The molecule has 0 unspecified atom stereocenters. The average Bonchev–Trinajstić information content (AvgIpc) is 2.73. The first-order valence-corrected chi connectivity index (χ1v) is 8.86. The maximum Gasteiger partial charge on any atom is 0.252 e. The van der Waals surface area contributed by atoms with E-state index < -0.39 is 0 Å². The number of amides is 1. The highest BCUT2D eigenvalue weighted by atomic mass is 16.1. The third-order valence-corrected chi connectivity index (χ3v) is 4.60. The van der Waals surface area contributed by atoms with Crippen molar-refractivity contribution in [3.05, 3.63) is 95.7 Å². The van der Waals surface area contributed by atoms with Gasteiger partial charge in [0.2, 0.25) is 0 Å². The fraction of sp³-hybridized carbons (Fsp3) is 0.0870. The lowest BCUT2D eigenvalue weighted by molar-refractivity contribution is 0.0952. The van der Waals surface area contributed by atoms with Gasteiger partial charge < -0.3 is 5.32 Å². The van der Waals surface area contributed by atoms with E-state index in [1.807, 2.05) is 79.7 Å². The maximum absolute atomic E-state index is 13.0. The van der Waals surface area contributed by atoms with Crippen LogP contribution in [0.15, 0.2) is 79.0 Å². The molecule has 0 bridgehead atoms. The van der Waals surface area contributed by atoms with Crippen LogP contribution in [0.3, 0.4) is 0 Å². The Morgan fingerprint density at radius 3 is 2.56 bits per heavy atom. The predicted molar refractivity (Wildman–Crippen MR) is 107 cm³/mol. The fourth-order valence-corrected chi connectivity index (χ4v) is 3.08. The highest BCUT2D eigenvalue weighted by Crippen LogP contribution is 2.23. The summed E-state index contributed by atoms with van der Waals surface area (Å²) in [5.74, 6) is -0.129. The summed E-state index contributed by atoms with van der Waals surface area (Å²) in [5.41, 5.74) is 5.11. The Labute approximate surface area is 157 Å². The van der Waals surface area contributed by atoms with Crippen LogP contribution in [-0.4, -0.2) is 15.9 Å². The van der Waals surface area contributed by atoms with Crippen molar-refractivity contribution in [1.82, 2.24) is 15.3 Å². The van der Waals surface area contributed by atoms with Crippen molar-refractivity contribution < 1.29 is 4.79 Å². The topological polar surface area (TPSA) is 54.9 Å². The number of hydrogen-bond donors (Lipinski definition) is 1. The second-order valence-corrected chi connectivity index (χ2v) is 6.40. The Kier molecular flexibility index (Phi) is 4.62. The van der Waals surface area contributed by atoms with E-state index >= 15 is 0 Å². The average molecular weight is 353 g/mol. The molecule has 1 amide bonds. The van der Waals surface area contributed by atoms with Gasteiger partial charge in [-0.1, -0.05) is 54.6 Å². The van der Waals surface area contributed by atoms with Crippen molar-refractivity contribution >= 4 is 16.9 Å². The van der Waals surface area contributed by atoms with E-state index in [0.29, 0.717) is 17.8 Å². The van der Waals surface area contributed by atoms with E-state index in [0.717, 1.165) is 27.8 Å². The lowest BCUT2D eigenvalue weighted by Crippen LogP contribution is -2.23. The van der Waals surface area contributed by atoms with Crippen LogP contribution in [0.25, 0.3) is 22.3 Å². The normalized spacial score (nSPS) is 10.7. The van der Waals surface area contributed by atoms with Crippen molar-refractivity contribution in [1.29, 1.82) is 0 Å². The molecule has 0 spiro atoms. The Balaban J connectivity index is 1.71. The Morgan fingerprint density at radius 1 is 0.963 bits per heavy atom. The fourth-order valence-electron chi connectivity index (χ4n) is 3.08. The number of carbonyl (C=O) groups excluding carboxylic acids is 1. The van der Waals surface area contributed by atoms with Crippen LogP contribution in [0.1, 0.15) is 21.5 Å². The molecule has 4 rings (SSSR count). The lowest BCUT2D eigenvalue weighted by atomic mass is 10.0. The Hall–Kier alpha value is -3.53. The molecule has 27 heavy (non-hydrogen) atoms. The molecule has 0 aliphatic rings. The molecule has 0 fully saturated rings. The van der Waals surface area contributed by atoms with Gasteiger partial charge in [0, 0.05) is 23.7 Å². The van der Waals surface area contributed by atoms with Crippen LogP contribution in [0.5, 0.6) is 0 Å². The van der Waals surface area contributed by atoms with E-state index in [2.05, 4.69) is 15.3 Å². The van der Waals surface area contributed by atoms with Crippen molar-refractivity contribution in [3.63, 3.8) is 0 Å². The van der Waals surface area contributed by atoms with Gasteiger partial charge in [0.15, 0.2) is 5.65 Å². The van der Waals surface area contributed by atoms with E-state index in [9.17, 15) is 4.79 Å². The summed E-state index contributed by atoms with van der Waals surface area (Å²) in [6.45, 7) is 2.52. The second-order valence-electron chi connectivity index (χ2n) is 6.40. The number of nitrogens with one attached hydrogen (secondary N) is 1. The van der Waals surface area contributed by atoms with Gasteiger partial charge in [-0.3, -0.25) is 4.79 Å². The summed E-state index contributed by atoms with van der Waals surface area (Å²) in [6.07, 6.45) is 1.69. The molecule has 4 nitrogen and oxygen atoms in total. The SMILES string of the molecule is Cc1ccccc1CNC(=O)c1cc(-c2ccccc2)nc2ncccc12. The number of pyridine rings is 2. The van der Waals surface area contributed by atoms with E-state index in [-0.39, 0.29) is 5.91 Å². The second kappa shape index (κ2) is 7.38. The molecule has 2 aromatic carbocycles. The number of carbonyl (C=O) groups is 1. The molecule has 0 saturated carbocycles. The summed E-state index contributed by atoms with van der Waals surface area (Å²) >= 11 is 0. The zero-order chi connectivity index (χ0) is 18.6. The smallest absolute Gasteiger partial charge is 0.252 e. The highest BCUT2D eigenvalue weighted by molar-refractivity contribution is 6.06. The molecular formula is C23H19N3O.